The Morgan fingerprint density at radius 2 is 1.83 bits per heavy atom. The summed E-state index contributed by atoms with van der Waals surface area (Å²) in [7, 11) is 0. The third-order valence-corrected chi connectivity index (χ3v) is 0.591. The van der Waals surface area contributed by atoms with Gasteiger partial charge < -0.3 is 11.3 Å². The fraction of sp³-hybridized carbons (Fsp3) is 1.00. The van der Waals surface area contributed by atoms with Crippen LogP contribution in [0.1, 0.15) is 20.3 Å². The van der Waals surface area contributed by atoms with E-state index in [0.717, 1.165) is 6.42 Å². The monoisotopic (exact) mass is 91.1 g/mol. The second kappa shape index (κ2) is 4.92. The molecule has 0 spiro atoms. The molecule has 1 atom stereocenters. The summed E-state index contributed by atoms with van der Waals surface area (Å²) in [6.07, 6.45) is 0.745. The standard InChI is InChI=1S/C4H10O.H3N/c1-3-4(2)5;/h4-5H,3H2,1-2H3;1H3. The van der Waals surface area contributed by atoms with Crippen molar-refractivity contribution in [1.82, 2.24) is 6.15 Å². The first kappa shape index (κ1) is 9.33. The molecule has 0 aromatic carbocycles. The molecule has 0 fully saturated rings. The van der Waals surface area contributed by atoms with Crippen molar-refractivity contribution in [3.8, 4) is 0 Å². The van der Waals surface area contributed by atoms with Crippen molar-refractivity contribution >= 4 is 0 Å². The van der Waals surface area contributed by atoms with Gasteiger partial charge in [0.05, 0.1) is 6.10 Å². The van der Waals surface area contributed by atoms with Crippen LogP contribution in [0.5, 0.6) is 0 Å². The van der Waals surface area contributed by atoms with Crippen molar-refractivity contribution in [2.45, 2.75) is 26.4 Å². The molecule has 0 saturated heterocycles. The van der Waals surface area contributed by atoms with Crippen LogP contribution in [0.25, 0.3) is 0 Å². The third kappa shape index (κ3) is 9.07. The summed E-state index contributed by atoms with van der Waals surface area (Å²) in [5, 5.41) is 8.36. The number of rotatable bonds is 1. The summed E-state index contributed by atoms with van der Waals surface area (Å²) < 4.78 is 0. The molecule has 0 amide bonds. The van der Waals surface area contributed by atoms with E-state index in [1.165, 1.54) is 0 Å². The molecule has 0 rings (SSSR count). The zero-order valence-electron chi connectivity index (χ0n) is 4.44. The van der Waals surface area contributed by atoms with E-state index in [9.17, 15) is 0 Å². The van der Waals surface area contributed by atoms with Gasteiger partial charge in [-0.2, -0.15) is 0 Å². The lowest BCUT2D eigenvalue weighted by atomic mass is 10.3. The summed E-state index contributed by atoms with van der Waals surface area (Å²) in [4.78, 5) is 0. The zero-order chi connectivity index (χ0) is 4.28. The van der Waals surface area contributed by atoms with Crippen LogP contribution in [0.3, 0.4) is 0 Å². The Kier molecular flexibility index (Phi) is 7.65. The largest absolute Gasteiger partial charge is 0.393 e. The van der Waals surface area contributed by atoms with Gasteiger partial charge in [0.2, 0.25) is 0 Å². The maximum atomic E-state index is 8.36. The van der Waals surface area contributed by atoms with Crippen molar-refractivity contribution in [3.05, 3.63) is 0 Å². The highest BCUT2D eigenvalue weighted by atomic mass is 16.3. The first-order valence-electron chi connectivity index (χ1n) is 1.95. The summed E-state index contributed by atoms with van der Waals surface area (Å²) in [6.45, 7) is 3.73. The number of hydrogen-bond acceptors (Lipinski definition) is 2. The molecule has 1 unspecified atom stereocenters. The zero-order valence-corrected chi connectivity index (χ0v) is 4.44. The highest BCUT2D eigenvalue weighted by Crippen LogP contribution is 1.81. The van der Waals surface area contributed by atoms with Crippen LogP contribution in [-0.2, 0) is 0 Å². The van der Waals surface area contributed by atoms with E-state index in [1.54, 1.807) is 6.92 Å². The fourth-order valence-corrected chi connectivity index (χ4v) is 0. The Bertz CT molecular complexity index is 21.5. The van der Waals surface area contributed by atoms with Crippen LogP contribution < -0.4 is 6.15 Å². The van der Waals surface area contributed by atoms with Gasteiger partial charge in [0, 0.05) is 0 Å². The Hall–Kier alpha value is -0.0800. The summed E-state index contributed by atoms with van der Waals surface area (Å²) >= 11 is 0. The minimum absolute atomic E-state index is 0. The average Bonchev–Trinajstić information content (AvgIpc) is 1.38. The minimum Gasteiger partial charge on any atom is -0.393 e. The van der Waals surface area contributed by atoms with E-state index in [-0.39, 0.29) is 12.3 Å². The highest BCUT2D eigenvalue weighted by Gasteiger charge is 1.81. The van der Waals surface area contributed by atoms with Crippen LogP contribution in [0.4, 0.5) is 0 Å². The van der Waals surface area contributed by atoms with Crippen molar-refractivity contribution in [1.29, 1.82) is 0 Å². The predicted octanol–water partition coefficient (Wildman–Crippen LogP) is 0.939. The van der Waals surface area contributed by atoms with Gasteiger partial charge in [-0.15, -0.1) is 0 Å². The third-order valence-electron chi connectivity index (χ3n) is 0.591. The van der Waals surface area contributed by atoms with E-state index >= 15 is 0 Å². The first-order chi connectivity index (χ1) is 2.27. The van der Waals surface area contributed by atoms with Crippen molar-refractivity contribution in [2.24, 2.45) is 0 Å². The van der Waals surface area contributed by atoms with E-state index in [0.29, 0.717) is 0 Å². The second-order valence-corrected chi connectivity index (χ2v) is 1.26. The SMILES string of the molecule is CCC(C)O.N. The van der Waals surface area contributed by atoms with Gasteiger partial charge in [-0.1, -0.05) is 6.92 Å². The Balaban J connectivity index is 0. The lowest BCUT2D eigenvalue weighted by molar-refractivity contribution is 0.191. The van der Waals surface area contributed by atoms with Crippen LogP contribution in [0, 0.1) is 0 Å². The molecule has 0 radical (unpaired) electrons. The summed E-state index contributed by atoms with van der Waals surface area (Å²) in [5.74, 6) is 0. The van der Waals surface area contributed by atoms with Gasteiger partial charge in [0.25, 0.3) is 0 Å². The number of hydrogen-bond donors (Lipinski definition) is 2. The normalized spacial score (nSPS) is 12.5. The average molecular weight is 91.2 g/mol. The van der Waals surface area contributed by atoms with E-state index in [1.807, 2.05) is 6.92 Å². The van der Waals surface area contributed by atoms with E-state index in [2.05, 4.69) is 0 Å². The maximum Gasteiger partial charge on any atom is 0.0509 e. The van der Waals surface area contributed by atoms with Crippen molar-refractivity contribution in [2.75, 3.05) is 0 Å². The number of aliphatic hydroxyl groups is 1. The molecule has 0 aromatic rings. The Morgan fingerprint density at radius 1 is 1.67 bits per heavy atom. The smallest absolute Gasteiger partial charge is 0.0509 e. The number of aliphatic hydroxyl groups excluding tert-OH is 1. The van der Waals surface area contributed by atoms with E-state index < -0.39 is 0 Å². The van der Waals surface area contributed by atoms with Gasteiger partial charge in [-0.3, -0.25) is 0 Å². The maximum absolute atomic E-state index is 8.36. The van der Waals surface area contributed by atoms with Gasteiger partial charge in [-0.25, -0.2) is 0 Å². The lowest BCUT2D eigenvalue weighted by Crippen LogP contribution is -1.93. The van der Waals surface area contributed by atoms with Gasteiger partial charge in [0.1, 0.15) is 0 Å². The van der Waals surface area contributed by atoms with Gasteiger partial charge in [-0.05, 0) is 13.3 Å². The molecule has 0 aliphatic carbocycles. The second-order valence-electron chi connectivity index (χ2n) is 1.26. The van der Waals surface area contributed by atoms with Crippen molar-refractivity contribution in [3.63, 3.8) is 0 Å². The molecule has 0 saturated carbocycles. The first-order valence-corrected chi connectivity index (χ1v) is 1.95. The molecule has 2 heteroatoms. The summed E-state index contributed by atoms with van der Waals surface area (Å²) in [5.41, 5.74) is 0. The topological polar surface area (TPSA) is 55.2 Å². The molecule has 4 N–H and O–H groups in total. The molecular weight excluding hydrogens is 78.0 g/mol. The van der Waals surface area contributed by atoms with E-state index in [4.69, 9.17) is 5.11 Å². The molecule has 0 heterocycles. The Labute approximate surface area is 38.8 Å². The molecule has 0 bridgehead atoms. The molecular formula is C4H13NO. The predicted molar refractivity (Wildman–Crippen MR) is 27.0 cm³/mol. The minimum atomic E-state index is -0.116. The molecule has 0 aliphatic heterocycles. The molecule has 0 aliphatic rings. The quantitative estimate of drug-likeness (QED) is 0.504. The molecule has 0 aromatic heterocycles. The van der Waals surface area contributed by atoms with Crippen LogP contribution in [0.2, 0.25) is 0 Å². The molecule has 40 valence electrons. The molecule has 2 nitrogen and oxygen atoms in total. The fourth-order valence-electron chi connectivity index (χ4n) is 0. The summed E-state index contributed by atoms with van der Waals surface area (Å²) in [6, 6.07) is 0. The highest BCUT2D eigenvalue weighted by molar-refractivity contribution is 4.34. The molecule has 6 heavy (non-hydrogen) atoms. The van der Waals surface area contributed by atoms with Crippen LogP contribution in [-0.4, -0.2) is 11.2 Å². The van der Waals surface area contributed by atoms with Crippen molar-refractivity contribution < 1.29 is 5.11 Å². The lowest BCUT2D eigenvalue weighted by Gasteiger charge is -1.90. The Morgan fingerprint density at radius 3 is 1.83 bits per heavy atom. The van der Waals surface area contributed by atoms with Gasteiger partial charge in [0.15, 0.2) is 0 Å². The van der Waals surface area contributed by atoms with Crippen LogP contribution in [0.15, 0.2) is 0 Å². The van der Waals surface area contributed by atoms with Gasteiger partial charge >= 0.3 is 0 Å². The van der Waals surface area contributed by atoms with Crippen LogP contribution >= 0.6 is 0 Å².